The SMILES string of the molecule is Brc1ccc2nc(Nc3cc[c]cc3)nc(-c3ccccc3)c2c1. The number of hydrogen-bond donors (Lipinski definition) is 1. The van der Waals surface area contributed by atoms with Crippen molar-refractivity contribution in [2.45, 2.75) is 0 Å². The minimum absolute atomic E-state index is 0.579. The molecule has 1 heterocycles. The Morgan fingerprint density at radius 1 is 0.875 bits per heavy atom. The van der Waals surface area contributed by atoms with Gasteiger partial charge in [-0.15, -0.1) is 0 Å². The van der Waals surface area contributed by atoms with Crippen molar-refractivity contribution >= 4 is 38.5 Å². The molecule has 1 radical (unpaired) electrons. The monoisotopic (exact) mass is 374 g/mol. The van der Waals surface area contributed by atoms with Crippen molar-refractivity contribution in [3.05, 3.63) is 83.3 Å². The lowest BCUT2D eigenvalue weighted by Gasteiger charge is -2.11. The van der Waals surface area contributed by atoms with Gasteiger partial charge in [0, 0.05) is 21.1 Å². The summed E-state index contributed by atoms with van der Waals surface area (Å²) in [5.41, 5.74) is 3.81. The quantitative estimate of drug-likeness (QED) is 0.506. The van der Waals surface area contributed by atoms with Gasteiger partial charge in [-0.25, -0.2) is 9.97 Å². The number of aromatic nitrogens is 2. The molecule has 1 N–H and O–H groups in total. The molecule has 115 valence electrons. The highest BCUT2D eigenvalue weighted by atomic mass is 79.9. The van der Waals surface area contributed by atoms with Crippen LogP contribution in [-0.2, 0) is 0 Å². The minimum atomic E-state index is 0.579. The summed E-state index contributed by atoms with van der Waals surface area (Å²) in [5, 5.41) is 4.28. The van der Waals surface area contributed by atoms with Gasteiger partial charge in [0.05, 0.1) is 11.2 Å². The van der Waals surface area contributed by atoms with E-state index in [-0.39, 0.29) is 0 Å². The third kappa shape index (κ3) is 3.01. The molecule has 0 fully saturated rings. The summed E-state index contributed by atoms with van der Waals surface area (Å²) < 4.78 is 1.01. The standard InChI is InChI=1S/C20H13BrN3/c21-15-11-12-18-17(13-15)19(14-7-3-1-4-8-14)24-20(23-18)22-16-9-5-2-6-10-16/h1,3-13H,(H,22,23,24). The maximum atomic E-state index is 4.75. The van der Waals surface area contributed by atoms with Crippen molar-refractivity contribution in [2.24, 2.45) is 0 Å². The fourth-order valence-electron chi connectivity index (χ4n) is 2.57. The topological polar surface area (TPSA) is 37.8 Å². The van der Waals surface area contributed by atoms with E-state index >= 15 is 0 Å². The lowest BCUT2D eigenvalue weighted by molar-refractivity contribution is 1.21. The molecule has 0 bridgehead atoms. The normalized spacial score (nSPS) is 10.7. The number of rotatable bonds is 3. The highest BCUT2D eigenvalue weighted by molar-refractivity contribution is 9.10. The van der Waals surface area contributed by atoms with E-state index in [1.54, 1.807) is 0 Å². The van der Waals surface area contributed by atoms with Gasteiger partial charge < -0.3 is 5.32 Å². The molecule has 0 unspecified atom stereocenters. The molecule has 1 aromatic heterocycles. The number of halogens is 1. The van der Waals surface area contributed by atoms with E-state index in [9.17, 15) is 0 Å². The minimum Gasteiger partial charge on any atom is -0.324 e. The molecule has 3 aromatic carbocycles. The van der Waals surface area contributed by atoms with Gasteiger partial charge in [-0.05, 0) is 36.4 Å². The van der Waals surface area contributed by atoms with Gasteiger partial charge in [0.2, 0.25) is 5.95 Å². The van der Waals surface area contributed by atoms with Crippen molar-refractivity contribution in [1.82, 2.24) is 9.97 Å². The average molecular weight is 375 g/mol. The lowest BCUT2D eigenvalue weighted by Crippen LogP contribution is -1.99. The summed E-state index contributed by atoms with van der Waals surface area (Å²) in [6.07, 6.45) is 0. The van der Waals surface area contributed by atoms with Gasteiger partial charge in [0.25, 0.3) is 0 Å². The average Bonchev–Trinajstić information content (AvgIpc) is 2.63. The van der Waals surface area contributed by atoms with Gasteiger partial charge >= 0.3 is 0 Å². The maximum Gasteiger partial charge on any atom is 0.228 e. The first-order valence-corrected chi connectivity index (χ1v) is 8.35. The summed E-state index contributed by atoms with van der Waals surface area (Å²) in [4.78, 5) is 9.40. The molecule has 0 atom stereocenters. The lowest BCUT2D eigenvalue weighted by atomic mass is 10.1. The van der Waals surface area contributed by atoms with Crippen LogP contribution in [0.4, 0.5) is 11.6 Å². The van der Waals surface area contributed by atoms with E-state index in [0.29, 0.717) is 5.95 Å². The van der Waals surface area contributed by atoms with Crippen LogP contribution in [0.15, 0.2) is 77.3 Å². The zero-order valence-corrected chi connectivity index (χ0v) is 14.3. The third-order valence-electron chi connectivity index (χ3n) is 3.68. The number of nitrogens with one attached hydrogen (secondary N) is 1. The zero-order chi connectivity index (χ0) is 16.4. The molecule has 4 rings (SSSR count). The smallest absolute Gasteiger partial charge is 0.228 e. The number of nitrogens with zero attached hydrogens (tertiary/aromatic N) is 2. The second kappa shape index (κ2) is 6.42. The van der Waals surface area contributed by atoms with Crippen LogP contribution in [0.3, 0.4) is 0 Å². The van der Waals surface area contributed by atoms with Crippen molar-refractivity contribution in [3.8, 4) is 11.3 Å². The van der Waals surface area contributed by atoms with E-state index < -0.39 is 0 Å². The molecular formula is C20H13BrN3. The Kier molecular flexibility index (Phi) is 3.97. The highest BCUT2D eigenvalue weighted by Crippen LogP contribution is 2.30. The number of benzene rings is 3. The number of hydrogen-bond acceptors (Lipinski definition) is 3. The molecule has 0 aliphatic carbocycles. The van der Waals surface area contributed by atoms with Crippen molar-refractivity contribution in [3.63, 3.8) is 0 Å². The predicted octanol–water partition coefficient (Wildman–Crippen LogP) is 5.60. The van der Waals surface area contributed by atoms with Crippen molar-refractivity contribution in [1.29, 1.82) is 0 Å². The van der Waals surface area contributed by atoms with Gasteiger partial charge in [0.15, 0.2) is 0 Å². The molecule has 0 saturated carbocycles. The molecular weight excluding hydrogens is 362 g/mol. The third-order valence-corrected chi connectivity index (χ3v) is 4.17. The predicted molar refractivity (Wildman–Crippen MR) is 101 cm³/mol. The zero-order valence-electron chi connectivity index (χ0n) is 12.7. The molecule has 4 heteroatoms. The fourth-order valence-corrected chi connectivity index (χ4v) is 2.93. The van der Waals surface area contributed by atoms with Crippen LogP contribution in [-0.4, -0.2) is 9.97 Å². The molecule has 3 nitrogen and oxygen atoms in total. The van der Waals surface area contributed by atoms with Crippen LogP contribution in [0.1, 0.15) is 0 Å². The van der Waals surface area contributed by atoms with Crippen LogP contribution in [0.5, 0.6) is 0 Å². The van der Waals surface area contributed by atoms with E-state index in [0.717, 1.165) is 32.3 Å². The summed E-state index contributed by atoms with van der Waals surface area (Å²) in [7, 11) is 0. The largest absolute Gasteiger partial charge is 0.324 e. The van der Waals surface area contributed by atoms with Gasteiger partial charge in [-0.3, -0.25) is 0 Å². The molecule has 0 saturated heterocycles. The summed E-state index contributed by atoms with van der Waals surface area (Å²) in [5.74, 6) is 0.579. The van der Waals surface area contributed by atoms with E-state index in [4.69, 9.17) is 4.98 Å². The highest BCUT2D eigenvalue weighted by Gasteiger charge is 2.10. The summed E-state index contributed by atoms with van der Waals surface area (Å²) >= 11 is 3.54. The van der Waals surface area contributed by atoms with Crippen LogP contribution in [0.25, 0.3) is 22.2 Å². The fraction of sp³-hybridized carbons (Fsp3) is 0. The Bertz CT molecular complexity index is 986. The van der Waals surface area contributed by atoms with Crippen molar-refractivity contribution < 1.29 is 0 Å². The van der Waals surface area contributed by atoms with Gasteiger partial charge in [-0.1, -0.05) is 58.4 Å². The molecule has 0 amide bonds. The second-order valence-electron chi connectivity index (χ2n) is 5.34. The van der Waals surface area contributed by atoms with E-state index in [1.807, 2.05) is 54.6 Å². The van der Waals surface area contributed by atoms with E-state index in [2.05, 4.69) is 50.5 Å². The molecule has 0 aliphatic heterocycles. The molecule has 24 heavy (non-hydrogen) atoms. The Hall–Kier alpha value is -2.72. The first-order chi connectivity index (χ1) is 11.8. The van der Waals surface area contributed by atoms with Crippen LogP contribution < -0.4 is 5.32 Å². The van der Waals surface area contributed by atoms with Crippen LogP contribution >= 0.6 is 15.9 Å². The molecule has 0 aliphatic rings. The van der Waals surface area contributed by atoms with Crippen molar-refractivity contribution in [2.75, 3.05) is 5.32 Å². The summed E-state index contributed by atoms with van der Waals surface area (Å²) in [6.45, 7) is 0. The summed E-state index contributed by atoms with van der Waals surface area (Å²) in [6, 6.07) is 26.8. The Balaban J connectivity index is 1.89. The molecule has 4 aromatic rings. The van der Waals surface area contributed by atoms with E-state index in [1.165, 1.54) is 0 Å². The van der Waals surface area contributed by atoms with Gasteiger partial charge in [0.1, 0.15) is 0 Å². The van der Waals surface area contributed by atoms with Crippen LogP contribution in [0.2, 0.25) is 0 Å². The first-order valence-electron chi connectivity index (χ1n) is 7.55. The molecule has 0 spiro atoms. The maximum absolute atomic E-state index is 4.75. The van der Waals surface area contributed by atoms with Crippen LogP contribution in [0, 0.1) is 6.07 Å². The Labute approximate surface area is 148 Å². The Morgan fingerprint density at radius 2 is 1.67 bits per heavy atom. The first kappa shape index (κ1) is 14.8. The van der Waals surface area contributed by atoms with Gasteiger partial charge in [-0.2, -0.15) is 0 Å². The second-order valence-corrected chi connectivity index (χ2v) is 6.25. The number of fused-ring (bicyclic) bond motifs is 1. The number of anilines is 2. The Morgan fingerprint density at radius 3 is 2.46 bits per heavy atom.